The summed E-state index contributed by atoms with van der Waals surface area (Å²) in [6.07, 6.45) is 1.78. The first-order valence-corrected chi connectivity index (χ1v) is 6.96. The second-order valence-electron chi connectivity index (χ2n) is 5.08. The average molecular weight is 302 g/mol. The summed E-state index contributed by atoms with van der Waals surface area (Å²) >= 11 is 12.1. The summed E-state index contributed by atoms with van der Waals surface area (Å²) < 4.78 is 5.10. The van der Waals surface area contributed by atoms with Crippen molar-refractivity contribution >= 4 is 29.1 Å². The molecule has 1 fully saturated rings. The first kappa shape index (κ1) is 14.6. The van der Waals surface area contributed by atoms with Gasteiger partial charge in [0.25, 0.3) is 0 Å². The molecule has 1 aromatic carbocycles. The topological polar surface area (TPSA) is 38.3 Å². The van der Waals surface area contributed by atoms with Gasteiger partial charge >= 0.3 is 0 Å². The van der Waals surface area contributed by atoms with Gasteiger partial charge in [-0.3, -0.25) is 4.79 Å². The Labute approximate surface area is 123 Å². The van der Waals surface area contributed by atoms with Crippen LogP contribution in [0.3, 0.4) is 0 Å². The molecular weight excluding hydrogens is 285 g/mol. The standard InChI is InChI=1S/C14H17Cl2NO2/c1-9-5-10(15)6-12(16)11(9)7-17-13(18)14(3-4-14)8-19-2/h5-6H,3-4,7-8H2,1-2H3,(H,17,18). The van der Waals surface area contributed by atoms with Crippen LogP contribution in [0.2, 0.25) is 10.0 Å². The van der Waals surface area contributed by atoms with E-state index < -0.39 is 0 Å². The van der Waals surface area contributed by atoms with Gasteiger partial charge in [0.2, 0.25) is 5.91 Å². The van der Waals surface area contributed by atoms with Gasteiger partial charge in [0.05, 0.1) is 12.0 Å². The molecule has 1 aliphatic rings. The van der Waals surface area contributed by atoms with Crippen molar-refractivity contribution in [2.24, 2.45) is 5.41 Å². The van der Waals surface area contributed by atoms with Crippen LogP contribution in [0.4, 0.5) is 0 Å². The van der Waals surface area contributed by atoms with E-state index in [1.807, 2.05) is 13.0 Å². The van der Waals surface area contributed by atoms with E-state index in [-0.39, 0.29) is 11.3 Å². The van der Waals surface area contributed by atoms with Crippen LogP contribution in [-0.2, 0) is 16.1 Å². The third-order valence-corrected chi connectivity index (χ3v) is 4.12. The van der Waals surface area contributed by atoms with Crippen molar-refractivity contribution in [2.45, 2.75) is 26.3 Å². The number of nitrogens with one attached hydrogen (secondary N) is 1. The lowest BCUT2D eigenvalue weighted by Gasteiger charge is -2.16. The molecule has 3 nitrogen and oxygen atoms in total. The van der Waals surface area contributed by atoms with Gasteiger partial charge in [0.15, 0.2) is 0 Å². The second kappa shape index (κ2) is 5.70. The van der Waals surface area contributed by atoms with E-state index in [0.29, 0.717) is 23.2 Å². The molecule has 1 aliphatic carbocycles. The Morgan fingerprint density at radius 3 is 2.63 bits per heavy atom. The molecule has 1 N–H and O–H groups in total. The number of hydrogen-bond acceptors (Lipinski definition) is 2. The normalized spacial score (nSPS) is 16.2. The monoisotopic (exact) mass is 301 g/mol. The van der Waals surface area contributed by atoms with Crippen LogP contribution in [-0.4, -0.2) is 19.6 Å². The minimum atomic E-state index is -0.318. The van der Waals surface area contributed by atoms with E-state index in [2.05, 4.69) is 5.32 Å². The predicted octanol–water partition coefficient (Wildman–Crippen LogP) is 3.34. The van der Waals surface area contributed by atoms with E-state index in [1.165, 1.54) is 0 Å². The SMILES string of the molecule is COCC1(C(=O)NCc2c(C)cc(Cl)cc2Cl)CC1. The Morgan fingerprint density at radius 2 is 2.11 bits per heavy atom. The van der Waals surface area contributed by atoms with Crippen LogP contribution in [0.25, 0.3) is 0 Å². The lowest BCUT2D eigenvalue weighted by Crippen LogP contribution is -2.34. The van der Waals surface area contributed by atoms with Crippen molar-refractivity contribution in [1.82, 2.24) is 5.32 Å². The molecule has 0 aliphatic heterocycles. The fourth-order valence-electron chi connectivity index (χ4n) is 2.18. The summed E-state index contributed by atoms with van der Waals surface area (Å²) in [5.74, 6) is 0.0415. The molecule has 0 saturated heterocycles. The van der Waals surface area contributed by atoms with Crippen LogP contribution in [0.15, 0.2) is 12.1 Å². The highest BCUT2D eigenvalue weighted by Gasteiger charge is 2.49. The summed E-state index contributed by atoms with van der Waals surface area (Å²) in [4.78, 5) is 12.1. The van der Waals surface area contributed by atoms with Crippen molar-refractivity contribution in [3.63, 3.8) is 0 Å². The van der Waals surface area contributed by atoms with E-state index in [9.17, 15) is 4.79 Å². The lowest BCUT2D eigenvalue weighted by molar-refractivity contribution is -0.128. The van der Waals surface area contributed by atoms with Crippen LogP contribution in [0, 0.1) is 12.3 Å². The van der Waals surface area contributed by atoms with Crippen molar-refractivity contribution < 1.29 is 9.53 Å². The maximum Gasteiger partial charge on any atom is 0.228 e. The third kappa shape index (κ3) is 3.22. The number of benzene rings is 1. The molecular formula is C14H17Cl2NO2. The number of carbonyl (C=O) groups is 1. The molecule has 0 heterocycles. The van der Waals surface area contributed by atoms with Crippen molar-refractivity contribution in [3.05, 3.63) is 33.3 Å². The molecule has 0 atom stereocenters. The van der Waals surface area contributed by atoms with Crippen molar-refractivity contribution in [3.8, 4) is 0 Å². The van der Waals surface area contributed by atoms with Crippen molar-refractivity contribution in [2.75, 3.05) is 13.7 Å². The Morgan fingerprint density at radius 1 is 1.42 bits per heavy atom. The molecule has 1 aromatic rings. The average Bonchev–Trinajstić information content (AvgIpc) is 3.09. The highest BCUT2D eigenvalue weighted by atomic mass is 35.5. The minimum Gasteiger partial charge on any atom is -0.384 e. The highest BCUT2D eigenvalue weighted by molar-refractivity contribution is 6.35. The zero-order chi connectivity index (χ0) is 14.0. The van der Waals surface area contributed by atoms with Crippen molar-refractivity contribution in [1.29, 1.82) is 0 Å². The largest absolute Gasteiger partial charge is 0.384 e. The minimum absolute atomic E-state index is 0.0415. The Bertz CT molecular complexity index is 475. The number of rotatable bonds is 5. The first-order valence-electron chi connectivity index (χ1n) is 6.20. The van der Waals surface area contributed by atoms with E-state index >= 15 is 0 Å². The zero-order valence-corrected chi connectivity index (χ0v) is 12.6. The van der Waals surface area contributed by atoms with Gasteiger partial charge in [0, 0.05) is 23.7 Å². The molecule has 1 amide bonds. The summed E-state index contributed by atoms with van der Waals surface area (Å²) in [5, 5.41) is 4.13. The highest BCUT2D eigenvalue weighted by Crippen LogP contribution is 2.46. The Balaban J connectivity index is 2.02. The molecule has 19 heavy (non-hydrogen) atoms. The second-order valence-corrected chi connectivity index (χ2v) is 5.92. The lowest BCUT2D eigenvalue weighted by atomic mass is 10.1. The van der Waals surface area contributed by atoms with Gasteiger partial charge in [-0.05, 0) is 43.0 Å². The quantitative estimate of drug-likeness (QED) is 0.906. The van der Waals surface area contributed by atoms with E-state index in [0.717, 1.165) is 24.0 Å². The summed E-state index contributed by atoms with van der Waals surface area (Å²) in [7, 11) is 1.62. The van der Waals surface area contributed by atoms with E-state index in [4.69, 9.17) is 27.9 Å². The molecule has 1 saturated carbocycles. The third-order valence-electron chi connectivity index (χ3n) is 3.56. The van der Waals surface area contributed by atoms with Crippen LogP contribution in [0.1, 0.15) is 24.0 Å². The van der Waals surface area contributed by atoms with Gasteiger partial charge in [-0.25, -0.2) is 0 Å². The van der Waals surface area contributed by atoms with Crippen LogP contribution < -0.4 is 5.32 Å². The molecule has 2 rings (SSSR count). The number of aryl methyl sites for hydroxylation is 1. The zero-order valence-electron chi connectivity index (χ0n) is 11.1. The molecule has 0 radical (unpaired) electrons. The molecule has 0 aromatic heterocycles. The fraction of sp³-hybridized carbons (Fsp3) is 0.500. The summed E-state index contributed by atoms with van der Waals surface area (Å²) in [5.41, 5.74) is 1.57. The van der Waals surface area contributed by atoms with Gasteiger partial charge in [0.1, 0.15) is 0 Å². The molecule has 104 valence electrons. The number of amides is 1. The summed E-state index contributed by atoms with van der Waals surface area (Å²) in [6.45, 7) is 2.83. The molecule has 0 spiro atoms. The van der Waals surface area contributed by atoms with Crippen LogP contribution in [0.5, 0.6) is 0 Å². The molecule has 0 unspecified atom stereocenters. The fourth-order valence-corrected chi connectivity index (χ4v) is 2.84. The first-order chi connectivity index (χ1) is 8.98. The number of ether oxygens (including phenoxy) is 1. The van der Waals surface area contributed by atoms with Gasteiger partial charge in [-0.2, -0.15) is 0 Å². The maximum absolute atomic E-state index is 12.1. The smallest absolute Gasteiger partial charge is 0.228 e. The Kier molecular flexibility index (Phi) is 4.39. The van der Waals surface area contributed by atoms with E-state index in [1.54, 1.807) is 13.2 Å². The maximum atomic E-state index is 12.1. The molecule has 0 bridgehead atoms. The number of hydrogen-bond donors (Lipinski definition) is 1. The van der Waals surface area contributed by atoms with Crippen LogP contribution >= 0.6 is 23.2 Å². The number of methoxy groups -OCH3 is 1. The number of carbonyl (C=O) groups excluding carboxylic acids is 1. The number of halogens is 2. The summed E-state index contributed by atoms with van der Waals surface area (Å²) in [6, 6.07) is 3.54. The van der Waals surface area contributed by atoms with Gasteiger partial charge < -0.3 is 10.1 Å². The van der Waals surface area contributed by atoms with Gasteiger partial charge in [-0.1, -0.05) is 23.2 Å². The predicted molar refractivity (Wildman–Crippen MR) is 76.6 cm³/mol. The molecule has 5 heteroatoms. The van der Waals surface area contributed by atoms with Gasteiger partial charge in [-0.15, -0.1) is 0 Å². The Hall–Kier alpha value is -0.770.